The van der Waals surface area contributed by atoms with E-state index in [2.05, 4.69) is 26.8 Å². The van der Waals surface area contributed by atoms with E-state index in [1.165, 1.54) is 0 Å². The zero-order valence-corrected chi connectivity index (χ0v) is 12.7. The minimum atomic E-state index is -0.650. The van der Waals surface area contributed by atoms with Gasteiger partial charge in [-0.3, -0.25) is 4.79 Å². The van der Waals surface area contributed by atoms with Gasteiger partial charge in [-0.15, -0.1) is 0 Å². The number of hydrogen-bond donors (Lipinski definition) is 2. The van der Waals surface area contributed by atoms with Crippen LogP contribution in [0.25, 0.3) is 0 Å². The lowest BCUT2D eigenvalue weighted by Gasteiger charge is -2.32. The third kappa shape index (κ3) is 3.28. The van der Waals surface area contributed by atoms with Gasteiger partial charge in [-0.1, -0.05) is 19.3 Å². The van der Waals surface area contributed by atoms with Crippen molar-refractivity contribution in [3.8, 4) is 6.07 Å². The molecule has 0 saturated heterocycles. The summed E-state index contributed by atoms with van der Waals surface area (Å²) in [5, 5.41) is 19.8. The second-order valence-electron chi connectivity index (χ2n) is 6.28. The number of aryl methyl sites for hydroxylation is 1. The third-order valence-electron chi connectivity index (χ3n) is 4.66. The van der Waals surface area contributed by atoms with Crippen LogP contribution in [0.1, 0.15) is 44.3 Å². The largest absolute Gasteiger partial charge is 0.337 e. The van der Waals surface area contributed by atoms with Crippen molar-refractivity contribution in [3.05, 3.63) is 12.2 Å². The maximum absolute atomic E-state index is 12.2. The summed E-state index contributed by atoms with van der Waals surface area (Å²) in [5.41, 5.74) is -0.650. The SMILES string of the molecule is N#CC1(NC(=O)CN[C@H]2CCc3ncnn3C2)CCCCC1. The van der Waals surface area contributed by atoms with Crippen molar-refractivity contribution < 1.29 is 4.79 Å². The maximum atomic E-state index is 12.2. The molecule has 1 aromatic rings. The van der Waals surface area contributed by atoms with Gasteiger partial charge >= 0.3 is 0 Å². The Labute approximate surface area is 130 Å². The molecule has 0 spiro atoms. The molecule has 1 fully saturated rings. The fourth-order valence-corrected chi connectivity index (χ4v) is 3.37. The molecule has 2 aliphatic rings. The highest BCUT2D eigenvalue weighted by Gasteiger charge is 2.33. The van der Waals surface area contributed by atoms with E-state index < -0.39 is 5.54 Å². The van der Waals surface area contributed by atoms with E-state index in [4.69, 9.17) is 0 Å². The molecule has 22 heavy (non-hydrogen) atoms. The molecule has 3 rings (SSSR count). The first-order valence-corrected chi connectivity index (χ1v) is 8.03. The van der Waals surface area contributed by atoms with E-state index >= 15 is 0 Å². The lowest BCUT2D eigenvalue weighted by Crippen LogP contribution is -2.52. The predicted octanol–water partition coefficient (Wildman–Crippen LogP) is 0.525. The average Bonchev–Trinajstić information content (AvgIpc) is 3.01. The molecule has 7 heteroatoms. The molecule has 1 saturated carbocycles. The van der Waals surface area contributed by atoms with E-state index in [9.17, 15) is 10.1 Å². The average molecular weight is 302 g/mol. The molecule has 2 N–H and O–H groups in total. The van der Waals surface area contributed by atoms with Gasteiger partial charge in [-0.25, -0.2) is 9.67 Å². The number of amides is 1. The van der Waals surface area contributed by atoms with Crippen molar-refractivity contribution in [2.45, 2.75) is 63.1 Å². The Morgan fingerprint density at radius 2 is 2.27 bits per heavy atom. The van der Waals surface area contributed by atoms with E-state index in [1.54, 1.807) is 6.33 Å². The summed E-state index contributed by atoms with van der Waals surface area (Å²) in [6.07, 6.45) is 8.11. The van der Waals surface area contributed by atoms with Gasteiger partial charge in [-0.05, 0) is 19.3 Å². The van der Waals surface area contributed by atoms with Crippen molar-refractivity contribution in [1.82, 2.24) is 25.4 Å². The highest BCUT2D eigenvalue weighted by Crippen LogP contribution is 2.27. The number of nitrogens with one attached hydrogen (secondary N) is 2. The fraction of sp³-hybridized carbons (Fsp3) is 0.733. The minimum Gasteiger partial charge on any atom is -0.337 e. The fourth-order valence-electron chi connectivity index (χ4n) is 3.37. The molecule has 7 nitrogen and oxygen atoms in total. The van der Waals surface area contributed by atoms with Crippen molar-refractivity contribution in [2.24, 2.45) is 0 Å². The van der Waals surface area contributed by atoms with Gasteiger partial charge in [-0.2, -0.15) is 10.4 Å². The van der Waals surface area contributed by atoms with Crippen LogP contribution in [-0.4, -0.2) is 38.8 Å². The number of carbonyl (C=O) groups excluding carboxylic acids is 1. The normalized spacial score (nSPS) is 23.3. The lowest BCUT2D eigenvalue weighted by molar-refractivity contribution is -0.122. The minimum absolute atomic E-state index is 0.0900. The summed E-state index contributed by atoms with van der Waals surface area (Å²) in [5.74, 6) is 0.918. The highest BCUT2D eigenvalue weighted by atomic mass is 16.2. The number of nitriles is 1. The molecule has 0 radical (unpaired) electrons. The van der Waals surface area contributed by atoms with Crippen LogP contribution in [0.2, 0.25) is 0 Å². The van der Waals surface area contributed by atoms with Crippen LogP contribution in [0.15, 0.2) is 6.33 Å². The van der Waals surface area contributed by atoms with Crippen LogP contribution in [0, 0.1) is 11.3 Å². The second-order valence-corrected chi connectivity index (χ2v) is 6.28. The van der Waals surface area contributed by atoms with Gasteiger partial charge < -0.3 is 10.6 Å². The van der Waals surface area contributed by atoms with Crippen molar-refractivity contribution in [2.75, 3.05) is 6.54 Å². The second kappa shape index (κ2) is 6.44. The van der Waals surface area contributed by atoms with Crippen LogP contribution in [0.3, 0.4) is 0 Å². The first-order valence-electron chi connectivity index (χ1n) is 8.03. The molecule has 0 bridgehead atoms. The molecule has 1 aromatic heterocycles. The molecule has 0 aromatic carbocycles. The summed E-state index contributed by atoms with van der Waals surface area (Å²) < 4.78 is 1.89. The Hall–Kier alpha value is -1.94. The number of nitrogens with zero attached hydrogens (tertiary/aromatic N) is 4. The third-order valence-corrected chi connectivity index (χ3v) is 4.66. The number of hydrogen-bond acceptors (Lipinski definition) is 5. The lowest BCUT2D eigenvalue weighted by atomic mass is 9.83. The highest BCUT2D eigenvalue weighted by molar-refractivity contribution is 5.79. The summed E-state index contributed by atoms with van der Waals surface area (Å²) in [7, 11) is 0. The first-order chi connectivity index (χ1) is 10.7. The molecule has 0 unspecified atom stereocenters. The van der Waals surface area contributed by atoms with Crippen LogP contribution >= 0.6 is 0 Å². The number of carbonyl (C=O) groups is 1. The molecular formula is C15H22N6O. The Morgan fingerprint density at radius 3 is 3.05 bits per heavy atom. The molecule has 1 atom stereocenters. The molecule has 2 heterocycles. The maximum Gasteiger partial charge on any atom is 0.235 e. The van der Waals surface area contributed by atoms with E-state index in [0.717, 1.165) is 57.3 Å². The Kier molecular flexibility index (Phi) is 4.39. The standard InChI is InChI=1S/C15H22N6O/c16-10-15(6-2-1-3-7-15)20-14(22)8-17-12-4-5-13-18-11-19-21(13)9-12/h11-12,17H,1-9H2,(H,20,22)/t12-/m0/s1. The number of fused-ring (bicyclic) bond motifs is 1. The smallest absolute Gasteiger partial charge is 0.235 e. The summed E-state index contributed by atoms with van der Waals surface area (Å²) in [4.78, 5) is 16.3. The van der Waals surface area contributed by atoms with E-state index in [-0.39, 0.29) is 18.5 Å². The van der Waals surface area contributed by atoms with Gasteiger partial charge in [0.2, 0.25) is 5.91 Å². The Morgan fingerprint density at radius 1 is 1.45 bits per heavy atom. The molecular weight excluding hydrogens is 280 g/mol. The van der Waals surface area contributed by atoms with Crippen LogP contribution in [0.5, 0.6) is 0 Å². The van der Waals surface area contributed by atoms with Gasteiger partial charge in [0.1, 0.15) is 17.7 Å². The van der Waals surface area contributed by atoms with Crippen molar-refractivity contribution in [3.63, 3.8) is 0 Å². The molecule has 1 aliphatic heterocycles. The van der Waals surface area contributed by atoms with Crippen LogP contribution < -0.4 is 10.6 Å². The van der Waals surface area contributed by atoms with E-state index in [1.807, 2.05) is 4.68 Å². The van der Waals surface area contributed by atoms with Gasteiger partial charge in [0.25, 0.3) is 0 Å². The predicted molar refractivity (Wildman–Crippen MR) is 79.7 cm³/mol. The summed E-state index contributed by atoms with van der Waals surface area (Å²) in [6, 6.07) is 2.54. The zero-order valence-electron chi connectivity index (χ0n) is 12.7. The van der Waals surface area contributed by atoms with Gasteiger partial charge in [0.05, 0.1) is 19.2 Å². The number of rotatable bonds is 4. The van der Waals surface area contributed by atoms with E-state index in [0.29, 0.717) is 0 Å². The zero-order chi connectivity index (χ0) is 15.4. The van der Waals surface area contributed by atoms with Gasteiger partial charge in [0.15, 0.2) is 0 Å². The molecule has 1 aliphatic carbocycles. The summed E-state index contributed by atoms with van der Waals surface area (Å²) >= 11 is 0. The van der Waals surface area contributed by atoms with Gasteiger partial charge in [0, 0.05) is 12.5 Å². The monoisotopic (exact) mass is 302 g/mol. The Balaban J connectivity index is 1.48. The van der Waals surface area contributed by atoms with Crippen LogP contribution in [-0.2, 0) is 17.8 Å². The summed E-state index contributed by atoms with van der Waals surface area (Å²) in [6.45, 7) is 0.990. The topological polar surface area (TPSA) is 95.6 Å². The molecule has 118 valence electrons. The Bertz CT molecular complexity index is 569. The molecule has 1 amide bonds. The quantitative estimate of drug-likeness (QED) is 0.845. The van der Waals surface area contributed by atoms with Crippen molar-refractivity contribution >= 4 is 5.91 Å². The number of aromatic nitrogens is 3. The first kappa shape index (κ1) is 15.0. The van der Waals surface area contributed by atoms with Crippen molar-refractivity contribution in [1.29, 1.82) is 5.26 Å². The van der Waals surface area contributed by atoms with Crippen LogP contribution in [0.4, 0.5) is 0 Å².